The predicted molar refractivity (Wildman–Crippen MR) is 78.9 cm³/mol. The van der Waals surface area contributed by atoms with E-state index in [0.717, 1.165) is 0 Å². The first-order valence-corrected chi connectivity index (χ1v) is 6.78. The van der Waals surface area contributed by atoms with Gasteiger partial charge in [-0.3, -0.25) is 0 Å². The van der Waals surface area contributed by atoms with Gasteiger partial charge in [0.15, 0.2) is 0 Å². The molecule has 1 aromatic heterocycles. The predicted octanol–water partition coefficient (Wildman–Crippen LogP) is 3.66. The highest BCUT2D eigenvalue weighted by atomic mass is 16.4. The van der Waals surface area contributed by atoms with Gasteiger partial charge in [-0.25, -0.2) is 4.79 Å². The lowest BCUT2D eigenvalue weighted by Crippen LogP contribution is -2.37. The average molecular weight is 275 g/mol. The van der Waals surface area contributed by atoms with Gasteiger partial charge in [0, 0.05) is 11.4 Å². The fourth-order valence-corrected chi connectivity index (χ4v) is 2.01. The Bertz CT molecular complexity index is 622. The molecule has 2 rings (SSSR count). The van der Waals surface area contributed by atoms with Crippen LogP contribution in [0, 0.1) is 5.41 Å². The Kier molecular flexibility index (Phi) is 3.86. The molecule has 0 aliphatic rings. The van der Waals surface area contributed by atoms with Crippen molar-refractivity contribution in [3.8, 4) is 0 Å². The van der Waals surface area contributed by atoms with Crippen molar-refractivity contribution in [2.45, 2.75) is 40.3 Å². The zero-order valence-corrected chi connectivity index (χ0v) is 12.4. The van der Waals surface area contributed by atoms with E-state index in [1.54, 1.807) is 12.1 Å². The van der Waals surface area contributed by atoms with Crippen LogP contribution in [0.4, 0.5) is 0 Å². The molecule has 0 aliphatic heterocycles. The summed E-state index contributed by atoms with van der Waals surface area (Å²) >= 11 is 0. The summed E-state index contributed by atoms with van der Waals surface area (Å²) in [5.74, 6) is -0.468. The van der Waals surface area contributed by atoms with E-state index in [1.807, 2.05) is 12.1 Å². The van der Waals surface area contributed by atoms with Crippen molar-refractivity contribution in [3.05, 3.63) is 35.6 Å². The summed E-state index contributed by atoms with van der Waals surface area (Å²) in [6.45, 7) is 8.92. The number of hydrogen-bond acceptors (Lipinski definition) is 3. The minimum absolute atomic E-state index is 0.107. The molecule has 0 spiro atoms. The lowest BCUT2D eigenvalue weighted by Gasteiger charge is -2.27. The molecule has 0 aliphatic carbocycles. The van der Waals surface area contributed by atoms with Crippen LogP contribution in [0.25, 0.3) is 11.0 Å². The molecule has 0 saturated heterocycles. The van der Waals surface area contributed by atoms with Gasteiger partial charge >= 0.3 is 5.97 Å². The molecule has 1 atom stereocenters. The summed E-state index contributed by atoms with van der Waals surface area (Å²) in [7, 11) is 0. The van der Waals surface area contributed by atoms with Crippen molar-refractivity contribution in [1.29, 1.82) is 0 Å². The third-order valence-corrected chi connectivity index (χ3v) is 3.75. The SMILES string of the molecule is CC(NCc1oc2ccccc2c1C(=O)O)C(C)(C)C. The third-order valence-electron chi connectivity index (χ3n) is 3.75. The number of benzene rings is 1. The number of para-hydroxylation sites is 1. The number of hydrogen-bond donors (Lipinski definition) is 2. The molecule has 0 bridgehead atoms. The zero-order chi connectivity index (χ0) is 14.9. The molecule has 1 heterocycles. The highest BCUT2D eigenvalue weighted by Gasteiger charge is 2.23. The van der Waals surface area contributed by atoms with E-state index in [-0.39, 0.29) is 17.0 Å². The monoisotopic (exact) mass is 275 g/mol. The second-order valence-electron chi connectivity index (χ2n) is 6.17. The second kappa shape index (κ2) is 5.29. The van der Waals surface area contributed by atoms with Crippen molar-refractivity contribution in [1.82, 2.24) is 5.32 Å². The maximum Gasteiger partial charge on any atom is 0.339 e. The van der Waals surface area contributed by atoms with Crippen molar-refractivity contribution < 1.29 is 14.3 Å². The van der Waals surface area contributed by atoms with Gasteiger partial charge in [0.25, 0.3) is 0 Å². The van der Waals surface area contributed by atoms with Crippen LogP contribution in [0.2, 0.25) is 0 Å². The van der Waals surface area contributed by atoms with E-state index >= 15 is 0 Å². The van der Waals surface area contributed by atoms with Gasteiger partial charge in [-0.15, -0.1) is 0 Å². The van der Waals surface area contributed by atoms with E-state index in [4.69, 9.17) is 4.42 Å². The molecule has 4 nitrogen and oxygen atoms in total. The number of aromatic carboxylic acids is 1. The summed E-state index contributed by atoms with van der Waals surface area (Å²) in [5, 5.41) is 13.4. The lowest BCUT2D eigenvalue weighted by molar-refractivity contribution is 0.0696. The molecule has 4 heteroatoms. The summed E-state index contributed by atoms with van der Waals surface area (Å²) in [4.78, 5) is 11.5. The number of fused-ring (bicyclic) bond motifs is 1. The molecule has 20 heavy (non-hydrogen) atoms. The van der Waals surface area contributed by atoms with Crippen molar-refractivity contribution in [2.24, 2.45) is 5.41 Å². The molecule has 1 aromatic carbocycles. The minimum Gasteiger partial charge on any atom is -0.478 e. The number of carboxylic acid groups (broad SMARTS) is 1. The first-order valence-electron chi connectivity index (χ1n) is 6.78. The van der Waals surface area contributed by atoms with Crippen LogP contribution < -0.4 is 5.32 Å². The van der Waals surface area contributed by atoms with E-state index < -0.39 is 5.97 Å². The number of nitrogens with one attached hydrogen (secondary N) is 1. The highest BCUT2D eigenvalue weighted by Crippen LogP contribution is 2.26. The highest BCUT2D eigenvalue weighted by molar-refractivity contribution is 6.03. The number of carbonyl (C=O) groups is 1. The average Bonchev–Trinajstić information content (AvgIpc) is 2.72. The molecule has 108 valence electrons. The Hall–Kier alpha value is -1.81. The largest absolute Gasteiger partial charge is 0.478 e. The zero-order valence-electron chi connectivity index (χ0n) is 12.4. The molecule has 1 unspecified atom stereocenters. The molecule has 0 amide bonds. The number of furan rings is 1. The molecule has 0 saturated carbocycles. The molecule has 2 N–H and O–H groups in total. The first-order chi connectivity index (χ1) is 9.30. The molecule has 0 radical (unpaired) electrons. The van der Waals surface area contributed by atoms with Crippen LogP contribution in [0.1, 0.15) is 43.8 Å². The Morgan fingerprint density at radius 3 is 2.60 bits per heavy atom. The van der Waals surface area contributed by atoms with Gasteiger partial charge in [-0.1, -0.05) is 39.0 Å². The number of carboxylic acids is 1. The van der Waals surface area contributed by atoms with Crippen LogP contribution in [0.15, 0.2) is 28.7 Å². The summed E-state index contributed by atoms with van der Waals surface area (Å²) in [6.07, 6.45) is 0. The fraction of sp³-hybridized carbons (Fsp3) is 0.438. The van der Waals surface area contributed by atoms with E-state index in [0.29, 0.717) is 23.3 Å². The Balaban J connectivity index is 2.30. The number of rotatable bonds is 4. The molecular weight excluding hydrogens is 254 g/mol. The maximum atomic E-state index is 11.5. The second-order valence-corrected chi connectivity index (χ2v) is 6.17. The Labute approximate surface area is 118 Å². The van der Waals surface area contributed by atoms with Gasteiger partial charge in [0.1, 0.15) is 16.9 Å². The fourth-order valence-electron chi connectivity index (χ4n) is 2.01. The third kappa shape index (κ3) is 2.85. The van der Waals surface area contributed by atoms with Crippen LogP contribution in [-0.2, 0) is 6.54 Å². The van der Waals surface area contributed by atoms with Crippen LogP contribution in [0.5, 0.6) is 0 Å². The standard InChI is InChI=1S/C16H21NO3/c1-10(16(2,3)4)17-9-13-14(15(18)19)11-7-5-6-8-12(11)20-13/h5-8,10,17H,9H2,1-4H3,(H,18,19). The Morgan fingerprint density at radius 2 is 2.00 bits per heavy atom. The van der Waals surface area contributed by atoms with Crippen LogP contribution in [0.3, 0.4) is 0 Å². The van der Waals surface area contributed by atoms with Crippen molar-refractivity contribution >= 4 is 16.9 Å². The van der Waals surface area contributed by atoms with Gasteiger partial charge in [0.05, 0.1) is 6.54 Å². The van der Waals surface area contributed by atoms with Gasteiger partial charge < -0.3 is 14.8 Å². The minimum atomic E-state index is -0.949. The smallest absolute Gasteiger partial charge is 0.339 e. The summed E-state index contributed by atoms with van der Waals surface area (Å²) in [6, 6.07) is 7.47. The quantitative estimate of drug-likeness (QED) is 0.894. The van der Waals surface area contributed by atoms with Crippen LogP contribution in [-0.4, -0.2) is 17.1 Å². The van der Waals surface area contributed by atoms with Crippen molar-refractivity contribution in [3.63, 3.8) is 0 Å². The Morgan fingerprint density at radius 1 is 1.35 bits per heavy atom. The van der Waals surface area contributed by atoms with E-state index in [1.165, 1.54) is 0 Å². The molecular formula is C16H21NO3. The lowest BCUT2D eigenvalue weighted by atomic mass is 9.88. The first kappa shape index (κ1) is 14.6. The van der Waals surface area contributed by atoms with Gasteiger partial charge in [0.2, 0.25) is 0 Å². The normalized spacial score (nSPS) is 13.6. The van der Waals surface area contributed by atoms with E-state index in [9.17, 15) is 9.90 Å². The molecule has 2 aromatic rings. The van der Waals surface area contributed by atoms with Gasteiger partial charge in [-0.2, -0.15) is 0 Å². The van der Waals surface area contributed by atoms with Crippen molar-refractivity contribution in [2.75, 3.05) is 0 Å². The summed E-state index contributed by atoms with van der Waals surface area (Å²) in [5.41, 5.74) is 0.981. The van der Waals surface area contributed by atoms with Crippen LogP contribution >= 0.6 is 0 Å². The summed E-state index contributed by atoms with van der Waals surface area (Å²) < 4.78 is 5.68. The van der Waals surface area contributed by atoms with E-state index in [2.05, 4.69) is 33.0 Å². The maximum absolute atomic E-state index is 11.5. The molecule has 0 fully saturated rings. The topological polar surface area (TPSA) is 62.5 Å². The van der Waals surface area contributed by atoms with Gasteiger partial charge in [-0.05, 0) is 18.4 Å².